The number of piperazine rings is 1. The van der Waals surface area contributed by atoms with Crippen molar-refractivity contribution in [2.24, 2.45) is 5.10 Å². The summed E-state index contributed by atoms with van der Waals surface area (Å²) in [6.07, 6.45) is 0. The minimum Gasteiger partial charge on any atom is -0.494 e. The number of H-pyrrole nitrogens is 1. The minimum absolute atomic E-state index is 0.00851. The van der Waals surface area contributed by atoms with Gasteiger partial charge < -0.3 is 15.0 Å². The third kappa shape index (κ3) is 3.51. The number of hydrogen-bond acceptors (Lipinski definition) is 5. The maximum absolute atomic E-state index is 11.9. The molecule has 1 aliphatic rings. The van der Waals surface area contributed by atoms with Crippen molar-refractivity contribution in [1.29, 1.82) is 0 Å². The molecule has 6 heteroatoms. The largest absolute Gasteiger partial charge is 0.494 e. The molecule has 1 aromatic heterocycles. The van der Waals surface area contributed by atoms with Crippen LogP contribution in [-0.4, -0.2) is 64.7 Å². The number of rotatable bonds is 4. The van der Waals surface area contributed by atoms with E-state index < -0.39 is 0 Å². The number of nitrogens with one attached hydrogen (secondary N) is 1. The average molecular weight is 376 g/mol. The molecule has 28 heavy (non-hydrogen) atoms. The molecule has 2 N–H and O–H groups in total. The van der Waals surface area contributed by atoms with Crippen molar-refractivity contribution in [3.63, 3.8) is 0 Å². The zero-order valence-corrected chi connectivity index (χ0v) is 16.1. The molecule has 0 atom stereocenters. The number of likely N-dealkylation sites (N-methyl/N-ethyl adjacent to an activating group) is 1. The van der Waals surface area contributed by atoms with Crippen LogP contribution in [0.1, 0.15) is 28.4 Å². The summed E-state index contributed by atoms with van der Waals surface area (Å²) in [7, 11) is 2.11. The van der Waals surface area contributed by atoms with Crippen LogP contribution in [0.15, 0.2) is 53.6 Å². The second-order valence-electron chi connectivity index (χ2n) is 7.24. The third-order valence-corrected chi connectivity index (χ3v) is 5.19. The number of carbonyl (C=O) groups is 1. The Labute approximate surface area is 164 Å². The third-order valence-electron chi connectivity index (χ3n) is 5.19. The standard InChI is InChI=1S/C22H24N4O2/c1-15(27)17-8-9-19-18(14-17)20(22(28)23-19)21(16-6-4-3-5-7-16)24-26-12-10-25(2)11-13-26/h3-9,14,23,28H,10-13H2,1-2H3/b24-21+. The lowest BCUT2D eigenvalue weighted by Gasteiger charge is -2.31. The number of carbonyl (C=O) groups excluding carboxylic acids is 1. The summed E-state index contributed by atoms with van der Waals surface area (Å²) in [6.45, 7) is 5.09. The molecule has 1 aliphatic heterocycles. The maximum Gasteiger partial charge on any atom is 0.199 e. The van der Waals surface area contributed by atoms with E-state index in [4.69, 9.17) is 5.10 Å². The highest BCUT2D eigenvalue weighted by molar-refractivity contribution is 6.21. The monoisotopic (exact) mass is 376 g/mol. The van der Waals surface area contributed by atoms with Crippen LogP contribution in [0.5, 0.6) is 5.88 Å². The molecule has 144 valence electrons. The van der Waals surface area contributed by atoms with Crippen molar-refractivity contribution in [2.75, 3.05) is 33.2 Å². The van der Waals surface area contributed by atoms with Crippen molar-refractivity contribution in [2.45, 2.75) is 6.92 Å². The lowest BCUT2D eigenvalue weighted by molar-refractivity contribution is 0.101. The molecular weight excluding hydrogens is 352 g/mol. The number of nitrogens with zero attached hydrogens (tertiary/aromatic N) is 3. The van der Waals surface area contributed by atoms with Gasteiger partial charge >= 0.3 is 0 Å². The molecule has 0 aliphatic carbocycles. The predicted molar refractivity (Wildman–Crippen MR) is 111 cm³/mol. The predicted octanol–water partition coefficient (Wildman–Crippen LogP) is 3.08. The van der Waals surface area contributed by atoms with Gasteiger partial charge in [0.15, 0.2) is 11.7 Å². The van der Waals surface area contributed by atoms with Gasteiger partial charge in [0.1, 0.15) is 5.71 Å². The smallest absolute Gasteiger partial charge is 0.199 e. The molecule has 2 aromatic carbocycles. The Morgan fingerprint density at radius 2 is 1.75 bits per heavy atom. The first kappa shape index (κ1) is 18.3. The van der Waals surface area contributed by atoms with Gasteiger partial charge in [0, 0.05) is 48.2 Å². The second-order valence-corrected chi connectivity index (χ2v) is 7.24. The fraction of sp³-hybridized carbons (Fsp3) is 0.273. The van der Waals surface area contributed by atoms with E-state index in [0.29, 0.717) is 16.8 Å². The normalized spacial score (nSPS) is 15.9. The van der Waals surface area contributed by atoms with E-state index in [2.05, 4.69) is 21.9 Å². The van der Waals surface area contributed by atoms with Gasteiger partial charge in [-0.25, -0.2) is 0 Å². The number of hydrogen-bond donors (Lipinski definition) is 2. The quantitative estimate of drug-likeness (QED) is 0.542. The average Bonchev–Trinajstić information content (AvgIpc) is 3.03. The van der Waals surface area contributed by atoms with Crippen molar-refractivity contribution >= 4 is 22.4 Å². The molecule has 1 fully saturated rings. The molecule has 3 aromatic rings. The van der Waals surface area contributed by atoms with E-state index in [1.807, 2.05) is 42.5 Å². The van der Waals surface area contributed by atoms with Gasteiger partial charge in [-0.3, -0.25) is 9.80 Å². The molecule has 0 bridgehead atoms. The second kappa shape index (κ2) is 7.48. The summed E-state index contributed by atoms with van der Waals surface area (Å²) < 4.78 is 0. The summed E-state index contributed by atoms with van der Waals surface area (Å²) >= 11 is 0. The SMILES string of the molecule is CC(=O)c1ccc2[nH]c(O)c(/C(=N/N3CCN(C)CC3)c3ccccc3)c2c1. The molecule has 0 spiro atoms. The van der Waals surface area contributed by atoms with Crippen LogP contribution >= 0.6 is 0 Å². The van der Waals surface area contributed by atoms with Gasteiger partial charge in [0.25, 0.3) is 0 Å². The summed E-state index contributed by atoms with van der Waals surface area (Å²) in [5.74, 6) is 0.0539. The highest BCUT2D eigenvalue weighted by atomic mass is 16.3. The molecule has 0 radical (unpaired) electrons. The van der Waals surface area contributed by atoms with Gasteiger partial charge in [-0.15, -0.1) is 0 Å². The van der Waals surface area contributed by atoms with E-state index in [-0.39, 0.29) is 11.7 Å². The van der Waals surface area contributed by atoms with Crippen molar-refractivity contribution in [1.82, 2.24) is 14.9 Å². The van der Waals surface area contributed by atoms with E-state index in [9.17, 15) is 9.90 Å². The Hall–Kier alpha value is -3.12. The number of aromatic hydroxyl groups is 1. The van der Waals surface area contributed by atoms with Crippen molar-refractivity contribution in [3.05, 3.63) is 65.2 Å². The van der Waals surface area contributed by atoms with Crippen LogP contribution in [0.2, 0.25) is 0 Å². The lowest BCUT2D eigenvalue weighted by Crippen LogP contribution is -2.42. The number of hydrazone groups is 1. The zero-order valence-electron chi connectivity index (χ0n) is 16.1. The van der Waals surface area contributed by atoms with Crippen LogP contribution in [0.4, 0.5) is 0 Å². The molecule has 0 saturated carbocycles. The van der Waals surface area contributed by atoms with Crippen molar-refractivity contribution < 1.29 is 9.90 Å². The molecule has 4 rings (SSSR count). The first-order chi connectivity index (χ1) is 13.5. The summed E-state index contributed by atoms with van der Waals surface area (Å²) in [4.78, 5) is 17.2. The van der Waals surface area contributed by atoms with E-state index >= 15 is 0 Å². The van der Waals surface area contributed by atoms with Gasteiger partial charge in [-0.2, -0.15) is 5.10 Å². The Bertz CT molecular complexity index is 1030. The fourth-order valence-electron chi connectivity index (χ4n) is 3.52. The van der Waals surface area contributed by atoms with Crippen LogP contribution < -0.4 is 0 Å². The fourth-order valence-corrected chi connectivity index (χ4v) is 3.52. The summed E-state index contributed by atoms with van der Waals surface area (Å²) in [5.41, 5.74) is 3.64. The number of benzene rings is 2. The number of Topliss-reactive ketones (excluding diaryl/α,β-unsaturated/α-hetero) is 1. The van der Waals surface area contributed by atoms with Crippen LogP contribution in [-0.2, 0) is 0 Å². The van der Waals surface area contributed by atoms with Gasteiger partial charge in [0.05, 0.1) is 5.56 Å². The Balaban J connectivity index is 1.88. The first-order valence-electron chi connectivity index (χ1n) is 9.46. The van der Waals surface area contributed by atoms with Crippen LogP contribution in [0.3, 0.4) is 0 Å². The van der Waals surface area contributed by atoms with E-state index in [0.717, 1.165) is 42.6 Å². The molecule has 6 nitrogen and oxygen atoms in total. The number of aromatic amines is 1. The first-order valence-corrected chi connectivity index (χ1v) is 9.46. The maximum atomic E-state index is 11.9. The minimum atomic E-state index is -0.00851. The Morgan fingerprint density at radius 3 is 2.43 bits per heavy atom. The van der Waals surface area contributed by atoms with Crippen molar-refractivity contribution in [3.8, 4) is 5.88 Å². The Kier molecular flexibility index (Phi) is 4.88. The van der Waals surface area contributed by atoms with Gasteiger partial charge in [0.2, 0.25) is 0 Å². The number of aromatic nitrogens is 1. The van der Waals surface area contributed by atoms with E-state index in [1.54, 1.807) is 13.0 Å². The highest BCUT2D eigenvalue weighted by Crippen LogP contribution is 2.31. The zero-order chi connectivity index (χ0) is 19.7. The molecule has 2 heterocycles. The molecular formula is C22H24N4O2. The topological polar surface area (TPSA) is 71.9 Å². The Morgan fingerprint density at radius 1 is 1.04 bits per heavy atom. The molecule has 0 unspecified atom stereocenters. The van der Waals surface area contributed by atoms with Crippen LogP contribution in [0.25, 0.3) is 10.9 Å². The lowest BCUT2D eigenvalue weighted by atomic mass is 9.99. The molecule has 0 amide bonds. The molecule has 1 saturated heterocycles. The summed E-state index contributed by atoms with van der Waals surface area (Å²) in [5, 5.41) is 18.5. The van der Waals surface area contributed by atoms with Gasteiger partial charge in [-0.05, 0) is 32.2 Å². The highest BCUT2D eigenvalue weighted by Gasteiger charge is 2.21. The number of fused-ring (bicyclic) bond motifs is 1. The van der Waals surface area contributed by atoms with Gasteiger partial charge in [-0.1, -0.05) is 30.3 Å². The van der Waals surface area contributed by atoms with Crippen LogP contribution in [0, 0.1) is 0 Å². The number of ketones is 1. The summed E-state index contributed by atoms with van der Waals surface area (Å²) in [6, 6.07) is 15.3. The van der Waals surface area contributed by atoms with E-state index in [1.165, 1.54) is 0 Å².